The molecule has 0 aromatic rings. The first-order chi connectivity index (χ1) is 6.79. The molecule has 2 aliphatic rings. The maximum absolute atomic E-state index is 11.3. The van der Waals surface area contributed by atoms with Gasteiger partial charge in [0.2, 0.25) is 5.91 Å². The van der Waals surface area contributed by atoms with Crippen molar-refractivity contribution in [1.82, 2.24) is 10.4 Å². The Bertz CT molecular complexity index is 219. The third-order valence-electron chi connectivity index (χ3n) is 3.39. The Labute approximate surface area is 84.8 Å². The van der Waals surface area contributed by atoms with Crippen LogP contribution in [0.3, 0.4) is 0 Å². The number of amides is 1. The second-order valence-electron chi connectivity index (χ2n) is 4.32. The summed E-state index contributed by atoms with van der Waals surface area (Å²) in [6.07, 6.45) is 5.58. The maximum atomic E-state index is 11.3. The zero-order chi connectivity index (χ0) is 9.97. The SMILES string of the molecule is NC(=O)C1CCCN2NCCCCC12. The number of hydrazine groups is 1. The molecule has 2 atom stereocenters. The highest BCUT2D eigenvalue weighted by Gasteiger charge is 2.35. The van der Waals surface area contributed by atoms with E-state index < -0.39 is 0 Å². The summed E-state index contributed by atoms with van der Waals surface area (Å²) in [5.74, 6) is -0.0576. The molecule has 0 aliphatic carbocycles. The van der Waals surface area contributed by atoms with Crippen molar-refractivity contribution >= 4 is 5.91 Å². The summed E-state index contributed by atoms with van der Waals surface area (Å²) < 4.78 is 0. The van der Waals surface area contributed by atoms with E-state index in [2.05, 4.69) is 10.4 Å². The molecule has 2 fully saturated rings. The van der Waals surface area contributed by atoms with Crippen molar-refractivity contribution in [2.75, 3.05) is 13.1 Å². The van der Waals surface area contributed by atoms with Gasteiger partial charge in [0.05, 0.1) is 5.92 Å². The number of rotatable bonds is 1. The fourth-order valence-corrected chi connectivity index (χ4v) is 2.64. The van der Waals surface area contributed by atoms with Crippen LogP contribution in [-0.2, 0) is 4.79 Å². The van der Waals surface area contributed by atoms with Crippen molar-refractivity contribution in [2.45, 2.75) is 38.1 Å². The second kappa shape index (κ2) is 4.28. The smallest absolute Gasteiger partial charge is 0.222 e. The molecule has 0 spiro atoms. The number of nitrogens with one attached hydrogen (secondary N) is 1. The molecule has 2 heterocycles. The highest BCUT2D eigenvalue weighted by Crippen LogP contribution is 2.27. The highest BCUT2D eigenvalue weighted by atomic mass is 16.1. The lowest BCUT2D eigenvalue weighted by atomic mass is 9.87. The van der Waals surface area contributed by atoms with Crippen molar-refractivity contribution in [1.29, 1.82) is 0 Å². The van der Waals surface area contributed by atoms with Crippen molar-refractivity contribution in [3.8, 4) is 0 Å². The Hall–Kier alpha value is -0.610. The summed E-state index contributed by atoms with van der Waals surface area (Å²) in [6.45, 7) is 2.11. The number of hydrogen-bond donors (Lipinski definition) is 2. The lowest BCUT2D eigenvalue weighted by Crippen LogP contribution is -2.54. The minimum atomic E-state index is -0.122. The fourth-order valence-electron chi connectivity index (χ4n) is 2.64. The van der Waals surface area contributed by atoms with Gasteiger partial charge in [0.25, 0.3) is 0 Å². The first-order valence-electron chi connectivity index (χ1n) is 5.58. The maximum Gasteiger partial charge on any atom is 0.222 e. The predicted molar refractivity (Wildman–Crippen MR) is 54.3 cm³/mol. The van der Waals surface area contributed by atoms with Crippen LogP contribution in [0.15, 0.2) is 0 Å². The number of hydrogen-bond acceptors (Lipinski definition) is 3. The summed E-state index contributed by atoms with van der Waals surface area (Å²) in [5.41, 5.74) is 8.83. The number of piperidine rings is 1. The van der Waals surface area contributed by atoms with Crippen LogP contribution in [-0.4, -0.2) is 30.0 Å². The topological polar surface area (TPSA) is 58.4 Å². The molecule has 3 N–H and O–H groups in total. The molecule has 2 aliphatic heterocycles. The number of carbonyl (C=O) groups is 1. The van der Waals surface area contributed by atoms with E-state index in [1.54, 1.807) is 0 Å². The summed E-state index contributed by atoms with van der Waals surface area (Å²) in [5, 5.41) is 2.24. The van der Waals surface area contributed by atoms with E-state index in [0.29, 0.717) is 6.04 Å². The number of fused-ring (bicyclic) bond motifs is 1. The van der Waals surface area contributed by atoms with Gasteiger partial charge in [-0.3, -0.25) is 10.2 Å². The molecule has 0 aromatic carbocycles. The van der Waals surface area contributed by atoms with Gasteiger partial charge in [-0.1, -0.05) is 6.42 Å². The molecule has 2 unspecified atom stereocenters. The van der Waals surface area contributed by atoms with E-state index in [9.17, 15) is 4.79 Å². The molecule has 2 rings (SSSR count). The highest BCUT2D eigenvalue weighted by molar-refractivity contribution is 5.77. The Balaban J connectivity index is 2.08. The van der Waals surface area contributed by atoms with Crippen LogP contribution in [0.25, 0.3) is 0 Å². The minimum Gasteiger partial charge on any atom is -0.369 e. The second-order valence-corrected chi connectivity index (χ2v) is 4.32. The molecule has 1 amide bonds. The predicted octanol–water partition coefficient (Wildman–Crippen LogP) is 0.241. The first kappa shape index (κ1) is 9.93. The molecule has 0 saturated carbocycles. The fraction of sp³-hybridized carbons (Fsp3) is 0.900. The number of carbonyl (C=O) groups excluding carboxylic acids is 1. The van der Waals surface area contributed by atoms with Gasteiger partial charge in [-0.15, -0.1) is 0 Å². The third-order valence-corrected chi connectivity index (χ3v) is 3.39. The Kier molecular flexibility index (Phi) is 3.03. The Morgan fingerprint density at radius 1 is 1.29 bits per heavy atom. The summed E-state index contributed by atoms with van der Waals surface area (Å²) in [6, 6.07) is 0.351. The van der Waals surface area contributed by atoms with Crippen molar-refractivity contribution in [2.24, 2.45) is 11.7 Å². The van der Waals surface area contributed by atoms with E-state index in [4.69, 9.17) is 5.73 Å². The Morgan fingerprint density at radius 3 is 2.93 bits per heavy atom. The lowest BCUT2D eigenvalue weighted by Gasteiger charge is -2.38. The molecular formula is C10H19N3O. The molecule has 0 aromatic heterocycles. The Morgan fingerprint density at radius 2 is 2.14 bits per heavy atom. The van der Waals surface area contributed by atoms with Crippen LogP contribution in [0.1, 0.15) is 32.1 Å². The van der Waals surface area contributed by atoms with Gasteiger partial charge in [-0.2, -0.15) is 0 Å². The van der Waals surface area contributed by atoms with Crippen molar-refractivity contribution < 1.29 is 4.79 Å². The summed E-state index contributed by atoms with van der Waals surface area (Å²) in [7, 11) is 0. The van der Waals surface area contributed by atoms with E-state index >= 15 is 0 Å². The van der Waals surface area contributed by atoms with E-state index in [0.717, 1.165) is 32.4 Å². The number of nitrogens with two attached hydrogens (primary N) is 1. The van der Waals surface area contributed by atoms with E-state index in [-0.39, 0.29) is 11.8 Å². The van der Waals surface area contributed by atoms with Crippen LogP contribution >= 0.6 is 0 Å². The van der Waals surface area contributed by atoms with Crippen molar-refractivity contribution in [3.05, 3.63) is 0 Å². The molecule has 0 bridgehead atoms. The van der Waals surface area contributed by atoms with Gasteiger partial charge < -0.3 is 5.73 Å². The molecule has 4 heteroatoms. The van der Waals surface area contributed by atoms with Crippen LogP contribution in [0, 0.1) is 5.92 Å². The molecule has 0 radical (unpaired) electrons. The van der Waals surface area contributed by atoms with Gasteiger partial charge in [0, 0.05) is 19.1 Å². The van der Waals surface area contributed by atoms with Gasteiger partial charge in [0.1, 0.15) is 0 Å². The number of primary amides is 1. The average molecular weight is 197 g/mol. The first-order valence-corrected chi connectivity index (χ1v) is 5.58. The largest absolute Gasteiger partial charge is 0.369 e. The molecular weight excluding hydrogens is 178 g/mol. The quantitative estimate of drug-likeness (QED) is 0.633. The summed E-state index contributed by atoms with van der Waals surface area (Å²) >= 11 is 0. The van der Waals surface area contributed by atoms with Crippen molar-refractivity contribution in [3.63, 3.8) is 0 Å². The van der Waals surface area contributed by atoms with Crippen LogP contribution in [0.5, 0.6) is 0 Å². The van der Waals surface area contributed by atoms with Crippen LogP contribution in [0.4, 0.5) is 0 Å². The monoisotopic (exact) mass is 197 g/mol. The summed E-state index contributed by atoms with van der Waals surface area (Å²) in [4.78, 5) is 11.3. The zero-order valence-corrected chi connectivity index (χ0v) is 8.54. The van der Waals surface area contributed by atoms with E-state index in [1.807, 2.05) is 0 Å². The third kappa shape index (κ3) is 1.91. The van der Waals surface area contributed by atoms with Gasteiger partial charge in [-0.25, -0.2) is 5.01 Å². The standard InChI is InChI=1S/C10H19N3O/c11-10(14)8-4-3-7-13-9(8)5-1-2-6-12-13/h8-9,12H,1-7H2,(H2,11,14). The van der Waals surface area contributed by atoms with Gasteiger partial charge >= 0.3 is 0 Å². The van der Waals surface area contributed by atoms with Crippen LogP contribution in [0.2, 0.25) is 0 Å². The molecule has 14 heavy (non-hydrogen) atoms. The van der Waals surface area contributed by atoms with Crippen LogP contribution < -0.4 is 11.2 Å². The minimum absolute atomic E-state index is 0.0642. The van der Waals surface area contributed by atoms with Gasteiger partial charge in [-0.05, 0) is 25.7 Å². The number of nitrogens with zero attached hydrogens (tertiary/aromatic N) is 1. The van der Waals surface area contributed by atoms with Gasteiger partial charge in [0.15, 0.2) is 0 Å². The molecule has 4 nitrogen and oxygen atoms in total. The molecule has 80 valence electrons. The zero-order valence-electron chi connectivity index (χ0n) is 8.54. The molecule has 2 saturated heterocycles. The van der Waals surface area contributed by atoms with E-state index in [1.165, 1.54) is 12.8 Å². The lowest BCUT2D eigenvalue weighted by molar-refractivity contribution is -0.126. The average Bonchev–Trinajstić information content (AvgIpc) is 2.41. The normalized spacial score (nSPS) is 34.6.